The number of hydrogen-bond acceptors (Lipinski definition) is 5. The molecule has 2 heterocycles. The number of nitrogens with zero attached hydrogens (tertiary/aromatic N) is 3. The van der Waals surface area contributed by atoms with Gasteiger partial charge >= 0.3 is 0 Å². The summed E-state index contributed by atoms with van der Waals surface area (Å²) in [7, 11) is 0. The normalized spacial score (nSPS) is 22.9. The van der Waals surface area contributed by atoms with Gasteiger partial charge in [0.15, 0.2) is 0 Å². The average molecular weight is 278 g/mol. The molecular weight excluding hydrogens is 252 g/mol. The molecule has 1 aromatic heterocycles. The molecule has 2 rings (SSSR count). The molecule has 20 heavy (non-hydrogen) atoms. The number of morpholine rings is 1. The average Bonchev–Trinajstić information content (AvgIpc) is 2.40. The molecule has 0 saturated carbocycles. The molecule has 2 unspecified atom stereocenters. The quantitative estimate of drug-likeness (QED) is 0.896. The van der Waals surface area contributed by atoms with Gasteiger partial charge < -0.3 is 15.0 Å². The molecule has 1 aromatic rings. The monoisotopic (exact) mass is 278 g/mol. The number of anilines is 2. The summed E-state index contributed by atoms with van der Waals surface area (Å²) in [4.78, 5) is 11.3. The van der Waals surface area contributed by atoms with Crippen molar-refractivity contribution in [1.82, 2.24) is 9.97 Å². The molecule has 0 spiro atoms. The van der Waals surface area contributed by atoms with Crippen molar-refractivity contribution in [1.29, 1.82) is 0 Å². The Balaban J connectivity index is 2.31. The highest BCUT2D eigenvalue weighted by atomic mass is 16.5. The summed E-state index contributed by atoms with van der Waals surface area (Å²) < 4.78 is 5.81. The lowest BCUT2D eigenvalue weighted by molar-refractivity contribution is -0.00551. The van der Waals surface area contributed by atoms with Crippen molar-refractivity contribution < 1.29 is 4.74 Å². The topological polar surface area (TPSA) is 50.3 Å². The first kappa shape index (κ1) is 15.0. The summed E-state index contributed by atoms with van der Waals surface area (Å²) in [5.74, 6) is 2.05. The van der Waals surface area contributed by atoms with Crippen LogP contribution in [0.3, 0.4) is 0 Å². The first-order valence-corrected chi connectivity index (χ1v) is 7.63. The van der Waals surface area contributed by atoms with Crippen molar-refractivity contribution in [3.63, 3.8) is 0 Å². The van der Waals surface area contributed by atoms with Crippen LogP contribution in [0, 0.1) is 0 Å². The van der Waals surface area contributed by atoms with E-state index in [9.17, 15) is 0 Å². The van der Waals surface area contributed by atoms with Crippen LogP contribution in [0.1, 0.15) is 39.7 Å². The van der Waals surface area contributed by atoms with Gasteiger partial charge in [-0.25, -0.2) is 9.97 Å². The van der Waals surface area contributed by atoms with Crippen LogP contribution in [0.4, 0.5) is 11.6 Å². The van der Waals surface area contributed by atoms with Crippen molar-refractivity contribution in [3.8, 4) is 0 Å². The van der Waals surface area contributed by atoms with Gasteiger partial charge in [0, 0.05) is 25.2 Å². The Labute approximate surface area is 121 Å². The molecule has 112 valence electrons. The van der Waals surface area contributed by atoms with Gasteiger partial charge in [-0.2, -0.15) is 0 Å². The summed E-state index contributed by atoms with van der Waals surface area (Å²) in [5, 5.41) is 3.35. The number of ether oxygens (including phenoxy) is 1. The Morgan fingerprint density at radius 2 is 1.95 bits per heavy atom. The van der Waals surface area contributed by atoms with Crippen LogP contribution >= 0.6 is 0 Å². The van der Waals surface area contributed by atoms with E-state index in [1.807, 2.05) is 0 Å². The smallest absolute Gasteiger partial charge is 0.137 e. The van der Waals surface area contributed by atoms with E-state index in [-0.39, 0.29) is 12.2 Å². The van der Waals surface area contributed by atoms with Crippen LogP contribution in [-0.2, 0) is 11.2 Å². The lowest BCUT2D eigenvalue weighted by Gasteiger charge is -2.37. The lowest BCUT2D eigenvalue weighted by Crippen LogP contribution is -2.46. The standard InChI is InChI=1S/C15H26N4O/c1-5-7-13-14(16-6-2)17-10-18-15(13)19-8-11(3)20-12(4)9-19/h10-12H,5-9H2,1-4H3,(H,16,17,18). The Kier molecular flexibility index (Phi) is 5.17. The van der Waals surface area contributed by atoms with E-state index >= 15 is 0 Å². The Bertz CT molecular complexity index is 428. The second kappa shape index (κ2) is 6.88. The van der Waals surface area contributed by atoms with E-state index in [4.69, 9.17) is 4.74 Å². The summed E-state index contributed by atoms with van der Waals surface area (Å²) in [5.41, 5.74) is 1.23. The molecular formula is C15H26N4O. The van der Waals surface area contributed by atoms with Crippen molar-refractivity contribution in [2.75, 3.05) is 29.9 Å². The second-order valence-electron chi connectivity index (χ2n) is 5.47. The summed E-state index contributed by atoms with van der Waals surface area (Å²) in [6.07, 6.45) is 4.24. The van der Waals surface area contributed by atoms with Gasteiger partial charge in [-0.05, 0) is 27.2 Å². The maximum atomic E-state index is 5.81. The zero-order valence-corrected chi connectivity index (χ0v) is 13.0. The van der Waals surface area contributed by atoms with Gasteiger partial charge in [-0.1, -0.05) is 13.3 Å². The molecule has 5 nitrogen and oxygen atoms in total. The molecule has 1 aliphatic heterocycles. The SMILES string of the molecule is CCCc1c(NCC)ncnc1N1CC(C)OC(C)C1. The number of rotatable bonds is 5. The molecule has 2 atom stereocenters. The molecule has 0 aromatic carbocycles. The summed E-state index contributed by atoms with van der Waals surface area (Å²) in [6, 6.07) is 0. The molecule has 5 heteroatoms. The predicted molar refractivity (Wildman–Crippen MR) is 82.4 cm³/mol. The number of nitrogens with one attached hydrogen (secondary N) is 1. The molecule has 0 bridgehead atoms. The fourth-order valence-corrected chi connectivity index (χ4v) is 2.83. The van der Waals surface area contributed by atoms with Crippen molar-refractivity contribution in [2.24, 2.45) is 0 Å². The summed E-state index contributed by atoms with van der Waals surface area (Å²) >= 11 is 0. The van der Waals surface area contributed by atoms with Crippen LogP contribution in [0.5, 0.6) is 0 Å². The minimum absolute atomic E-state index is 0.241. The van der Waals surface area contributed by atoms with Crippen LogP contribution < -0.4 is 10.2 Å². The molecule has 1 saturated heterocycles. The highest BCUT2D eigenvalue weighted by Gasteiger charge is 2.25. The maximum absolute atomic E-state index is 5.81. The zero-order valence-electron chi connectivity index (χ0n) is 13.0. The molecule has 0 aliphatic carbocycles. The predicted octanol–water partition coefficient (Wildman–Crippen LogP) is 2.47. The summed E-state index contributed by atoms with van der Waals surface area (Å²) in [6.45, 7) is 11.2. The zero-order chi connectivity index (χ0) is 14.5. The first-order valence-electron chi connectivity index (χ1n) is 7.63. The second-order valence-corrected chi connectivity index (χ2v) is 5.47. The Hall–Kier alpha value is -1.36. The van der Waals surface area contributed by atoms with Gasteiger partial charge in [0.05, 0.1) is 12.2 Å². The molecule has 0 amide bonds. The van der Waals surface area contributed by atoms with Gasteiger partial charge in [0.1, 0.15) is 18.0 Å². The molecule has 1 N–H and O–H groups in total. The van der Waals surface area contributed by atoms with E-state index in [0.717, 1.165) is 44.1 Å². The van der Waals surface area contributed by atoms with E-state index in [0.29, 0.717) is 0 Å². The van der Waals surface area contributed by atoms with Crippen LogP contribution in [-0.4, -0.2) is 41.8 Å². The van der Waals surface area contributed by atoms with E-state index in [1.54, 1.807) is 6.33 Å². The first-order chi connectivity index (χ1) is 9.65. The van der Waals surface area contributed by atoms with E-state index in [2.05, 4.69) is 47.9 Å². The fourth-order valence-electron chi connectivity index (χ4n) is 2.83. The minimum atomic E-state index is 0.241. The van der Waals surface area contributed by atoms with Crippen molar-refractivity contribution >= 4 is 11.6 Å². The van der Waals surface area contributed by atoms with Gasteiger partial charge in [0.2, 0.25) is 0 Å². The minimum Gasteiger partial charge on any atom is -0.372 e. The third-order valence-corrected chi connectivity index (χ3v) is 3.49. The van der Waals surface area contributed by atoms with Gasteiger partial charge in [0.25, 0.3) is 0 Å². The highest BCUT2D eigenvalue weighted by Crippen LogP contribution is 2.27. The number of aromatic nitrogens is 2. The van der Waals surface area contributed by atoms with Gasteiger partial charge in [-0.3, -0.25) is 0 Å². The van der Waals surface area contributed by atoms with Crippen LogP contribution in [0.15, 0.2) is 6.33 Å². The Morgan fingerprint density at radius 3 is 2.55 bits per heavy atom. The number of hydrogen-bond donors (Lipinski definition) is 1. The lowest BCUT2D eigenvalue weighted by atomic mass is 10.1. The molecule has 0 radical (unpaired) electrons. The third kappa shape index (κ3) is 3.39. The van der Waals surface area contributed by atoms with Crippen molar-refractivity contribution in [3.05, 3.63) is 11.9 Å². The van der Waals surface area contributed by atoms with E-state index in [1.165, 1.54) is 5.56 Å². The van der Waals surface area contributed by atoms with Crippen molar-refractivity contribution in [2.45, 2.75) is 52.7 Å². The van der Waals surface area contributed by atoms with E-state index < -0.39 is 0 Å². The highest BCUT2D eigenvalue weighted by molar-refractivity contribution is 5.59. The maximum Gasteiger partial charge on any atom is 0.137 e. The van der Waals surface area contributed by atoms with Gasteiger partial charge in [-0.15, -0.1) is 0 Å². The fraction of sp³-hybridized carbons (Fsp3) is 0.733. The largest absolute Gasteiger partial charge is 0.372 e. The van der Waals surface area contributed by atoms with Crippen LogP contribution in [0.2, 0.25) is 0 Å². The third-order valence-electron chi connectivity index (χ3n) is 3.49. The molecule has 1 aliphatic rings. The van der Waals surface area contributed by atoms with Crippen LogP contribution in [0.25, 0.3) is 0 Å². The molecule has 1 fully saturated rings. The Morgan fingerprint density at radius 1 is 1.25 bits per heavy atom.